The SMILES string of the molecule is O=Cc1cncc(Br)c1N1CC([C@@H](O)CNC(=O)O)C1. The van der Waals surface area contributed by atoms with E-state index in [1.807, 2.05) is 4.90 Å². The molecule has 0 aromatic carbocycles. The molecule has 1 atom stereocenters. The van der Waals surface area contributed by atoms with E-state index in [-0.39, 0.29) is 12.5 Å². The lowest BCUT2D eigenvalue weighted by Crippen LogP contribution is -2.54. The van der Waals surface area contributed by atoms with Crippen LogP contribution in [0.4, 0.5) is 10.5 Å². The van der Waals surface area contributed by atoms with Gasteiger partial charge in [-0.3, -0.25) is 9.78 Å². The van der Waals surface area contributed by atoms with E-state index < -0.39 is 12.2 Å². The van der Waals surface area contributed by atoms with Gasteiger partial charge in [-0.2, -0.15) is 0 Å². The number of carbonyl (C=O) groups is 2. The van der Waals surface area contributed by atoms with Crippen LogP contribution >= 0.6 is 15.9 Å². The maximum absolute atomic E-state index is 11.0. The van der Waals surface area contributed by atoms with Crippen LogP contribution in [-0.2, 0) is 0 Å². The van der Waals surface area contributed by atoms with Gasteiger partial charge in [-0.05, 0) is 15.9 Å². The molecular formula is C12H14BrN3O4. The Morgan fingerprint density at radius 1 is 1.60 bits per heavy atom. The lowest BCUT2D eigenvalue weighted by Gasteiger charge is -2.44. The third kappa shape index (κ3) is 3.07. The van der Waals surface area contributed by atoms with Gasteiger partial charge >= 0.3 is 6.09 Å². The summed E-state index contributed by atoms with van der Waals surface area (Å²) in [5, 5.41) is 20.5. The van der Waals surface area contributed by atoms with Gasteiger partial charge in [-0.25, -0.2) is 4.79 Å². The minimum Gasteiger partial charge on any atom is -0.465 e. The van der Waals surface area contributed by atoms with Gasteiger partial charge in [-0.1, -0.05) is 0 Å². The number of aromatic nitrogens is 1. The number of aldehydes is 1. The summed E-state index contributed by atoms with van der Waals surface area (Å²) in [6.07, 6.45) is 1.95. The number of anilines is 1. The predicted molar refractivity (Wildman–Crippen MR) is 75.1 cm³/mol. The first-order valence-corrected chi connectivity index (χ1v) is 6.80. The summed E-state index contributed by atoms with van der Waals surface area (Å²) in [6.45, 7) is 1.13. The highest BCUT2D eigenvalue weighted by molar-refractivity contribution is 9.10. The largest absolute Gasteiger partial charge is 0.465 e. The smallest absolute Gasteiger partial charge is 0.404 e. The number of rotatable bonds is 5. The minimum atomic E-state index is -1.15. The van der Waals surface area contributed by atoms with Crippen molar-refractivity contribution in [2.75, 3.05) is 24.5 Å². The van der Waals surface area contributed by atoms with Crippen molar-refractivity contribution < 1.29 is 19.8 Å². The molecule has 0 radical (unpaired) electrons. The lowest BCUT2D eigenvalue weighted by atomic mass is 9.92. The molecule has 8 heteroatoms. The van der Waals surface area contributed by atoms with Gasteiger partial charge in [0.05, 0.1) is 21.8 Å². The normalized spacial score (nSPS) is 16.4. The Bertz CT molecular complexity index is 519. The van der Waals surface area contributed by atoms with Crippen LogP contribution in [0.5, 0.6) is 0 Å². The molecule has 1 fully saturated rings. The number of hydrogen-bond acceptors (Lipinski definition) is 5. The Morgan fingerprint density at radius 3 is 2.90 bits per heavy atom. The van der Waals surface area contributed by atoms with Gasteiger partial charge in [-0.15, -0.1) is 0 Å². The quantitative estimate of drug-likeness (QED) is 0.681. The third-order valence-corrected chi connectivity index (χ3v) is 3.84. The zero-order valence-electron chi connectivity index (χ0n) is 10.5. The first-order chi connectivity index (χ1) is 9.52. The van der Waals surface area contributed by atoms with Crippen LogP contribution in [-0.4, -0.2) is 53.3 Å². The fraction of sp³-hybridized carbons (Fsp3) is 0.417. The fourth-order valence-corrected chi connectivity index (χ4v) is 2.76. The summed E-state index contributed by atoms with van der Waals surface area (Å²) in [5.41, 5.74) is 1.24. The summed E-state index contributed by atoms with van der Waals surface area (Å²) in [6, 6.07) is 0. The zero-order valence-corrected chi connectivity index (χ0v) is 12.1. The van der Waals surface area contributed by atoms with Crippen LogP contribution in [0, 0.1) is 5.92 Å². The van der Waals surface area contributed by atoms with E-state index in [4.69, 9.17) is 5.11 Å². The number of pyridine rings is 1. The first-order valence-electron chi connectivity index (χ1n) is 6.01. The maximum Gasteiger partial charge on any atom is 0.404 e. The molecule has 3 N–H and O–H groups in total. The van der Waals surface area contributed by atoms with E-state index in [1.54, 1.807) is 6.20 Å². The Morgan fingerprint density at radius 2 is 2.30 bits per heavy atom. The monoisotopic (exact) mass is 343 g/mol. The molecule has 1 aromatic rings. The van der Waals surface area contributed by atoms with Gasteiger partial charge < -0.3 is 20.4 Å². The van der Waals surface area contributed by atoms with Crippen molar-refractivity contribution in [2.45, 2.75) is 6.10 Å². The van der Waals surface area contributed by atoms with Crippen LogP contribution in [0.2, 0.25) is 0 Å². The Balaban J connectivity index is 1.96. The average Bonchev–Trinajstić information content (AvgIpc) is 2.36. The van der Waals surface area contributed by atoms with Gasteiger partial charge in [0.2, 0.25) is 0 Å². The summed E-state index contributed by atoms with van der Waals surface area (Å²) in [5.74, 6) is -0.0265. The van der Waals surface area contributed by atoms with Gasteiger partial charge in [0.1, 0.15) is 0 Å². The van der Waals surface area contributed by atoms with E-state index in [1.165, 1.54) is 6.20 Å². The molecule has 0 bridgehead atoms. The molecule has 0 aliphatic carbocycles. The Kier molecular flexibility index (Phi) is 4.56. The van der Waals surface area contributed by atoms with Crippen molar-refractivity contribution in [1.29, 1.82) is 0 Å². The zero-order chi connectivity index (χ0) is 14.7. The van der Waals surface area contributed by atoms with Crippen LogP contribution in [0.3, 0.4) is 0 Å². The molecule has 1 aromatic heterocycles. The van der Waals surface area contributed by atoms with E-state index in [0.29, 0.717) is 18.7 Å². The van der Waals surface area contributed by atoms with Crippen LogP contribution in [0.15, 0.2) is 16.9 Å². The minimum absolute atomic E-state index is 0.00585. The number of nitrogens with one attached hydrogen (secondary N) is 1. The first kappa shape index (κ1) is 14.7. The molecule has 1 aliphatic rings. The highest BCUT2D eigenvalue weighted by Gasteiger charge is 2.34. The summed E-state index contributed by atoms with van der Waals surface area (Å²) >= 11 is 3.35. The van der Waals surface area contributed by atoms with Crippen molar-refractivity contribution >= 4 is 34.0 Å². The second-order valence-electron chi connectivity index (χ2n) is 4.60. The molecular weight excluding hydrogens is 330 g/mol. The number of hydrogen-bond donors (Lipinski definition) is 3. The van der Waals surface area contributed by atoms with Gasteiger partial charge in [0.25, 0.3) is 0 Å². The molecule has 108 valence electrons. The van der Waals surface area contributed by atoms with Crippen LogP contribution < -0.4 is 10.2 Å². The molecule has 20 heavy (non-hydrogen) atoms. The van der Waals surface area contributed by atoms with Crippen LogP contribution in [0.1, 0.15) is 10.4 Å². The number of carbonyl (C=O) groups excluding carboxylic acids is 1. The predicted octanol–water partition coefficient (Wildman–Crippen LogP) is 0.721. The van der Waals surface area contributed by atoms with Crippen molar-refractivity contribution in [3.8, 4) is 0 Å². The maximum atomic E-state index is 11.0. The van der Waals surface area contributed by atoms with Gasteiger partial charge in [0, 0.05) is 37.9 Å². The highest BCUT2D eigenvalue weighted by atomic mass is 79.9. The molecule has 0 unspecified atom stereocenters. The lowest BCUT2D eigenvalue weighted by molar-refractivity contribution is 0.0881. The number of aliphatic hydroxyl groups excluding tert-OH is 1. The van der Waals surface area contributed by atoms with E-state index in [2.05, 4.69) is 26.2 Å². The van der Waals surface area contributed by atoms with Crippen molar-refractivity contribution in [1.82, 2.24) is 10.3 Å². The summed E-state index contributed by atoms with van der Waals surface area (Å²) in [7, 11) is 0. The number of aliphatic hydroxyl groups is 1. The molecule has 7 nitrogen and oxygen atoms in total. The second-order valence-corrected chi connectivity index (χ2v) is 5.45. The standard InChI is InChI=1S/C12H14BrN3O4/c13-9-2-14-1-7(6-17)11(9)16-4-8(5-16)10(18)3-15-12(19)20/h1-2,6,8,10,15,18H,3-5H2,(H,19,20)/t10-/m0/s1. The van der Waals surface area contributed by atoms with Gasteiger partial charge in [0.15, 0.2) is 6.29 Å². The summed E-state index contributed by atoms with van der Waals surface area (Å²) in [4.78, 5) is 27.2. The van der Waals surface area contributed by atoms with E-state index >= 15 is 0 Å². The Hall–Kier alpha value is -1.67. The molecule has 0 spiro atoms. The van der Waals surface area contributed by atoms with Crippen molar-refractivity contribution in [3.63, 3.8) is 0 Å². The van der Waals surface area contributed by atoms with Crippen LogP contribution in [0.25, 0.3) is 0 Å². The van der Waals surface area contributed by atoms with E-state index in [0.717, 1.165) is 16.4 Å². The molecule has 0 saturated carbocycles. The molecule has 2 rings (SSSR count). The number of halogens is 1. The van der Waals surface area contributed by atoms with Crippen molar-refractivity contribution in [2.24, 2.45) is 5.92 Å². The fourth-order valence-electron chi connectivity index (χ4n) is 2.16. The molecule has 1 aliphatic heterocycles. The molecule has 1 amide bonds. The average molecular weight is 344 g/mol. The highest BCUT2D eigenvalue weighted by Crippen LogP contribution is 2.34. The second kappa shape index (κ2) is 6.19. The third-order valence-electron chi connectivity index (χ3n) is 3.26. The summed E-state index contributed by atoms with van der Waals surface area (Å²) < 4.78 is 0.721. The van der Waals surface area contributed by atoms with E-state index in [9.17, 15) is 14.7 Å². The molecule has 1 saturated heterocycles. The number of amides is 1. The Labute approximate surface area is 123 Å². The molecule has 2 heterocycles. The van der Waals surface area contributed by atoms with Crippen molar-refractivity contribution in [3.05, 3.63) is 22.4 Å². The topological polar surface area (TPSA) is 103 Å². The number of carboxylic acid groups (broad SMARTS) is 1. The number of nitrogens with zero attached hydrogens (tertiary/aromatic N) is 2.